The molecule has 0 spiro atoms. The molecule has 0 aliphatic carbocycles. The predicted molar refractivity (Wildman–Crippen MR) is 50.4 cm³/mol. The third-order valence-electron chi connectivity index (χ3n) is 1.62. The lowest BCUT2D eigenvalue weighted by atomic mass is 10.5. The van der Waals surface area contributed by atoms with E-state index in [1.807, 2.05) is 6.92 Å². The van der Waals surface area contributed by atoms with E-state index >= 15 is 0 Å². The number of carbonyl (C=O) groups excluding carboxylic acids is 1. The van der Waals surface area contributed by atoms with Crippen molar-refractivity contribution in [1.29, 1.82) is 0 Å². The predicted octanol–water partition coefficient (Wildman–Crippen LogP) is -0.0319. The van der Waals surface area contributed by atoms with Gasteiger partial charge in [-0.2, -0.15) is 5.10 Å². The fourth-order valence-electron chi connectivity index (χ4n) is 0.922. The summed E-state index contributed by atoms with van der Waals surface area (Å²) in [6, 6.07) is 1.75. The van der Waals surface area contributed by atoms with E-state index in [-0.39, 0.29) is 5.91 Å². The number of aromatic nitrogens is 2. The zero-order chi connectivity index (χ0) is 9.68. The number of amides is 1. The summed E-state index contributed by atoms with van der Waals surface area (Å²) in [4.78, 5) is 11.2. The Labute approximate surface area is 77.1 Å². The summed E-state index contributed by atoms with van der Waals surface area (Å²) in [5, 5.41) is 9.59. The Bertz CT molecular complexity index is 281. The second-order valence-electron chi connectivity index (χ2n) is 2.67. The van der Waals surface area contributed by atoms with Crippen LogP contribution in [0.4, 0.5) is 5.82 Å². The van der Waals surface area contributed by atoms with Crippen LogP contribution in [0.1, 0.15) is 6.92 Å². The number of rotatable bonds is 4. The highest BCUT2D eigenvalue weighted by Gasteiger charge is 2.03. The average molecular weight is 182 g/mol. The van der Waals surface area contributed by atoms with Crippen LogP contribution in [0.5, 0.6) is 0 Å². The summed E-state index contributed by atoms with van der Waals surface area (Å²) in [6.07, 6.45) is 1.64. The Morgan fingerprint density at radius 3 is 3.00 bits per heavy atom. The lowest BCUT2D eigenvalue weighted by Crippen LogP contribution is -2.28. The van der Waals surface area contributed by atoms with Crippen LogP contribution < -0.4 is 10.6 Å². The summed E-state index contributed by atoms with van der Waals surface area (Å²) >= 11 is 0. The lowest BCUT2D eigenvalue weighted by Gasteiger charge is -2.04. The zero-order valence-electron chi connectivity index (χ0n) is 7.87. The fraction of sp³-hybridized carbons (Fsp3) is 0.500. The third-order valence-corrected chi connectivity index (χ3v) is 1.62. The van der Waals surface area contributed by atoms with E-state index in [0.717, 1.165) is 6.54 Å². The van der Waals surface area contributed by atoms with E-state index in [1.165, 1.54) is 0 Å². The van der Waals surface area contributed by atoms with Crippen molar-refractivity contribution >= 4 is 11.7 Å². The largest absolute Gasteiger partial charge is 0.310 e. The molecule has 72 valence electrons. The summed E-state index contributed by atoms with van der Waals surface area (Å²) in [7, 11) is 1.78. The van der Waals surface area contributed by atoms with Crippen LogP contribution >= 0.6 is 0 Å². The molecule has 5 heteroatoms. The Kier molecular flexibility index (Phi) is 3.45. The van der Waals surface area contributed by atoms with Crippen LogP contribution in [0.25, 0.3) is 0 Å². The Morgan fingerprint density at radius 1 is 1.69 bits per heavy atom. The number of likely N-dealkylation sites (N-methyl/N-ethyl adjacent to an activating group) is 1. The Morgan fingerprint density at radius 2 is 2.46 bits per heavy atom. The molecule has 1 aromatic heterocycles. The van der Waals surface area contributed by atoms with Crippen molar-refractivity contribution < 1.29 is 4.79 Å². The maximum Gasteiger partial charge on any atom is 0.239 e. The highest BCUT2D eigenvalue weighted by molar-refractivity contribution is 5.91. The second-order valence-corrected chi connectivity index (χ2v) is 2.67. The van der Waals surface area contributed by atoms with E-state index in [2.05, 4.69) is 15.7 Å². The molecule has 0 unspecified atom stereocenters. The molecule has 1 heterocycles. The van der Waals surface area contributed by atoms with Gasteiger partial charge in [-0.25, -0.2) is 0 Å². The molecule has 0 aliphatic rings. The number of nitrogens with zero attached hydrogens (tertiary/aromatic N) is 2. The maximum absolute atomic E-state index is 11.2. The summed E-state index contributed by atoms with van der Waals surface area (Å²) in [6.45, 7) is 3.08. The zero-order valence-corrected chi connectivity index (χ0v) is 7.87. The molecule has 1 rings (SSSR count). The van der Waals surface area contributed by atoms with E-state index < -0.39 is 0 Å². The molecule has 0 radical (unpaired) electrons. The molecule has 0 atom stereocenters. The first kappa shape index (κ1) is 9.73. The molecule has 1 amide bonds. The third kappa shape index (κ3) is 2.87. The molecular formula is C8H14N4O. The number of hydrogen-bond donors (Lipinski definition) is 2. The number of anilines is 1. The molecule has 0 bridgehead atoms. The SMILES string of the molecule is CCNCC(=O)Nc1ccnn1C. The van der Waals surface area contributed by atoms with Gasteiger partial charge in [-0.15, -0.1) is 0 Å². The minimum Gasteiger partial charge on any atom is -0.310 e. The minimum atomic E-state index is -0.0505. The van der Waals surface area contributed by atoms with E-state index in [9.17, 15) is 4.79 Å². The topological polar surface area (TPSA) is 59.0 Å². The average Bonchev–Trinajstić information content (AvgIpc) is 2.48. The Hall–Kier alpha value is -1.36. The van der Waals surface area contributed by atoms with Crippen LogP contribution in [0.3, 0.4) is 0 Å². The molecule has 0 saturated carbocycles. The molecule has 0 fully saturated rings. The molecule has 0 aliphatic heterocycles. The van der Waals surface area contributed by atoms with Crippen molar-refractivity contribution in [2.45, 2.75) is 6.92 Å². The van der Waals surface area contributed by atoms with E-state index in [4.69, 9.17) is 0 Å². The molecule has 13 heavy (non-hydrogen) atoms. The molecule has 1 aromatic rings. The van der Waals surface area contributed by atoms with Gasteiger partial charge in [-0.3, -0.25) is 9.48 Å². The van der Waals surface area contributed by atoms with Gasteiger partial charge in [0.2, 0.25) is 5.91 Å². The number of nitrogens with one attached hydrogen (secondary N) is 2. The molecular weight excluding hydrogens is 168 g/mol. The maximum atomic E-state index is 11.2. The second kappa shape index (κ2) is 4.61. The summed E-state index contributed by atoms with van der Waals surface area (Å²) < 4.78 is 1.61. The van der Waals surface area contributed by atoms with Gasteiger partial charge in [0.1, 0.15) is 5.82 Å². The van der Waals surface area contributed by atoms with Gasteiger partial charge in [-0.1, -0.05) is 6.92 Å². The van der Waals surface area contributed by atoms with Crippen molar-refractivity contribution in [1.82, 2.24) is 15.1 Å². The van der Waals surface area contributed by atoms with Crippen LogP contribution in [-0.2, 0) is 11.8 Å². The molecule has 0 saturated heterocycles. The van der Waals surface area contributed by atoms with Gasteiger partial charge in [0, 0.05) is 13.1 Å². The molecule has 2 N–H and O–H groups in total. The Balaban J connectivity index is 2.41. The van der Waals surface area contributed by atoms with Crippen molar-refractivity contribution in [3.05, 3.63) is 12.3 Å². The highest BCUT2D eigenvalue weighted by atomic mass is 16.2. The minimum absolute atomic E-state index is 0.0505. The summed E-state index contributed by atoms with van der Waals surface area (Å²) in [5.74, 6) is 0.661. The van der Waals surface area contributed by atoms with Crippen molar-refractivity contribution in [3.63, 3.8) is 0 Å². The van der Waals surface area contributed by atoms with Gasteiger partial charge >= 0.3 is 0 Å². The monoisotopic (exact) mass is 182 g/mol. The number of carbonyl (C=O) groups is 1. The molecule has 5 nitrogen and oxygen atoms in total. The van der Waals surface area contributed by atoms with Gasteiger partial charge in [-0.05, 0) is 6.54 Å². The number of aryl methyl sites for hydroxylation is 1. The van der Waals surface area contributed by atoms with Gasteiger partial charge in [0.25, 0.3) is 0 Å². The van der Waals surface area contributed by atoms with Crippen LogP contribution in [0.2, 0.25) is 0 Å². The lowest BCUT2D eigenvalue weighted by molar-refractivity contribution is -0.115. The van der Waals surface area contributed by atoms with E-state index in [0.29, 0.717) is 12.4 Å². The quantitative estimate of drug-likeness (QED) is 0.687. The van der Waals surface area contributed by atoms with Crippen LogP contribution in [0, 0.1) is 0 Å². The molecule has 0 aromatic carbocycles. The fourth-order valence-corrected chi connectivity index (χ4v) is 0.922. The first-order valence-corrected chi connectivity index (χ1v) is 4.22. The standard InChI is InChI=1S/C8H14N4O/c1-3-9-6-8(13)11-7-4-5-10-12(7)2/h4-5,9H,3,6H2,1-2H3,(H,11,13). The van der Waals surface area contributed by atoms with E-state index in [1.54, 1.807) is 24.0 Å². The van der Waals surface area contributed by atoms with Gasteiger partial charge < -0.3 is 10.6 Å². The first-order valence-electron chi connectivity index (χ1n) is 4.22. The van der Waals surface area contributed by atoms with Crippen LogP contribution in [-0.4, -0.2) is 28.8 Å². The smallest absolute Gasteiger partial charge is 0.239 e. The van der Waals surface area contributed by atoms with Crippen molar-refractivity contribution in [3.8, 4) is 0 Å². The summed E-state index contributed by atoms with van der Waals surface area (Å²) in [5.41, 5.74) is 0. The highest BCUT2D eigenvalue weighted by Crippen LogP contribution is 2.01. The van der Waals surface area contributed by atoms with Gasteiger partial charge in [0.15, 0.2) is 0 Å². The number of hydrogen-bond acceptors (Lipinski definition) is 3. The first-order chi connectivity index (χ1) is 6.24. The van der Waals surface area contributed by atoms with Crippen molar-refractivity contribution in [2.75, 3.05) is 18.4 Å². The van der Waals surface area contributed by atoms with Gasteiger partial charge in [0.05, 0.1) is 12.7 Å². The van der Waals surface area contributed by atoms with Crippen molar-refractivity contribution in [2.24, 2.45) is 7.05 Å². The normalized spacial score (nSPS) is 10.0. The van der Waals surface area contributed by atoms with Crippen LogP contribution in [0.15, 0.2) is 12.3 Å².